The summed E-state index contributed by atoms with van der Waals surface area (Å²) in [4.78, 5) is 16.0. The van der Waals surface area contributed by atoms with Crippen molar-refractivity contribution in [3.63, 3.8) is 0 Å². The highest BCUT2D eigenvalue weighted by Crippen LogP contribution is 2.25. The average Bonchev–Trinajstić information content (AvgIpc) is 3.33. The molecule has 25 heavy (non-hydrogen) atoms. The fourth-order valence-electron chi connectivity index (χ4n) is 2.79. The van der Waals surface area contributed by atoms with Gasteiger partial charge in [0.25, 0.3) is 0 Å². The maximum Gasteiger partial charge on any atom is 0.210 e. The second-order valence-electron chi connectivity index (χ2n) is 5.58. The van der Waals surface area contributed by atoms with Gasteiger partial charge in [0.05, 0.1) is 12.0 Å². The minimum Gasteiger partial charge on any atom is -0.467 e. The van der Waals surface area contributed by atoms with Crippen LogP contribution in [0.1, 0.15) is 21.8 Å². The lowest BCUT2D eigenvalue weighted by Crippen LogP contribution is -2.07. The molecule has 0 saturated heterocycles. The third-order valence-corrected chi connectivity index (χ3v) is 4.85. The minimum atomic E-state index is 0.0486. The Hall–Kier alpha value is -2.87. The lowest BCUT2D eigenvalue weighted by molar-refractivity contribution is 0.102. The number of aromatic nitrogens is 5. The second kappa shape index (κ2) is 6.56. The number of thioether (sulfide) groups is 1. The number of carbonyl (C=O) groups excluding carboxylic acids is 1. The number of furan rings is 1. The Labute approximate surface area is 147 Å². The Bertz CT molecular complexity index is 1020. The molecule has 126 valence electrons. The van der Waals surface area contributed by atoms with Crippen molar-refractivity contribution < 1.29 is 9.21 Å². The number of carbonyl (C=O) groups is 1. The number of tetrazole rings is 1. The van der Waals surface area contributed by atoms with Crippen LogP contribution in [0, 0.1) is 6.92 Å². The van der Waals surface area contributed by atoms with Crippen LogP contribution in [0.2, 0.25) is 0 Å². The summed E-state index contributed by atoms with van der Waals surface area (Å²) in [6, 6.07) is 11.5. The van der Waals surface area contributed by atoms with Gasteiger partial charge in [-0.3, -0.25) is 4.79 Å². The van der Waals surface area contributed by atoms with Crippen molar-refractivity contribution in [1.82, 2.24) is 25.2 Å². The fourth-order valence-corrected chi connectivity index (χ4v) is 3.54. The first kappa shape index (κ1) is 15.6. The highest BCUT2D eigenvalue weighted by atomic mass is 32.2. The molecule has 0 unspecified atom stereocenters. The molecular weight excluding hydrogens is 338 g/mol. The maximum absolute atomic E-state index is 12.7. The molecule has 0 fully saturated rings. The molecule has 0 radical (unpaired) electrons. The van der Waals surface area contributed by atoms with Gasteiger partial charge in [-0.05, 0) is 35.5 Å². The first-order valence-electron chi connectivity index (χ1n) is 7.74. The molecule has 0 bridgehead atoms. The number of Topliss-reactive ketones (excluding diaryl/α,β-unsaturated/α-hetero) is 1. The summed E-state index contributed by atoms with van der Waals surface area (Å²) in [7, 11) is 0. The molecule has 1 N–H and O–H groups in total. The van der Waals surface area contributed by atoms with Crippen molar-refractivity contribution in [2.75, 3.05) is 5.75 Å². The van der Waals surface area contributed by atoms with Gasteiger partial charge in [-0.2, -0.15) is 0 Å². The first-order chi connectivity index (χ1) is 12.2. The van der Waals surface area contributed by atoms with Crippen LogP contribution in [0.25, 0.3) is 10.9 Å². The Balaban J connectivity index is 1.51. The van der Waals surface area contributed by atoms with Gasteiger partial charge in [-0.25, -0.2) is 4.68 Å². The summed E-state index contributed by atoms with van der Waals surface area (Å²) < 4.78 is 6.94. The predicted molar refractivity (Wildman–Crippen MR) is 93.7 cm³/mol. The van der Waals surface area contributed by atoms with Gasteiger partial charge >= 0.3 is 0 Å². The van der Waals surface area contributed by atoms with Crippen LogP contribution < -0.4 is 0 Å². The highest BCUT2D eigenvalue weighted by molar-refractivity contribution is 7.99. The van der Waals surface area contributed by atoms with E-state index in [4.69, 9.17) is 4.42 Å². The number of fused-ring (bicyclic) bond motifs is 1. The van der Waals surface area contributed by atoms with Crippen molar-refractivity contribution in [3.8, 4) is 0 Å². The zero-order valence-corrected chi connectivity index (χ0v) is 14.3. The number of para-hydroxylation sites is 1. The van der Waals surface area contributed by atoms with Crippen molar-refractivity contribution in [2.45, 2.75) is 18.6 Å². The van der Waals surface area contributed by atoms with Gasteiger partial charge < -0.3 is 9.40 Å². The molecule has 3 heterocycles. The summed E-state index contributed by atoms with van der Waals surface area (Å²) in [6.45, 7) is 2.35. The van der Waals surface area contributed by atoms with Crippen LogP contribution in [0.5, 0.6) is 0 Å². The van der Waals surface area contributed by atoms with Gasteiger partial charge in [0.15, 0.2) is 5.78 Å². The largest absolute Gasteiger partial charge is 0.467 e. The van der Waals surface area contributed by atoms with Gasteiger partial charge in [0, 0.05) is 22.2 Å². The first-order valence-corrected chi connectivity index (χ1v) is 8.73. The number of H-pyrrole nitrogens is 1. The van der Waals surface area contributed by atoms with E-state index in [0.717, 1.165) is 27.9 Å². The molecule has 1 aromatic carbocycles. The van der Waals surface area contributed by atoms with E-state index in [9.17, 15) is 4.79 Å². The standard InChI is InChI=1S/C17H15N5O2S/c1-11-16(13-6-2-3-7-14(13)18-11)15(23)10-25-17-19-20-21-22(17)9-12-5-4-8-24-12/h2-8,18H,9-10H2,1H3. The van der Waals surface area contributed by atoms with E-state index in [-0.39, 0.29) is 11.5 Å². The molecule has 0 amide bonds. The maximum atomic E-state index is 12.7. The quantitative estimate of drug-likeness (QED) is 0.423. The summed E-state index contributed by atoms with van der Waals surface area (Å²) >= 11 is 1.32. The van der Waals surface area contributed by atoms with Crippen LogP contribution in [-0.2, 0) is 6.54 Å². The zero-order valence-electron chi connectivity index (χ0n) is 13.5. The predicted octanol–water partition coefficient (Wildman–Crippen LogP) is 3.08. The number of rotatable bonds is 6. The molecule has 3 aromatic heterocycles. The highest BCUT2D eigenvalue weighted by Gasteiger charge is 2.18. The number of ketones is 1. The van der Waals surface area contributed by atoms with Crippen LogP contribution in [0.4, 0.5) is 0 Å². The summed E-state index contributed by atoms with van der Waals surface area (Å²) in [5.74, 6) is 1.07. The minimum absolute atomic E-state index is 0.0486. The third-order valence-electron chi connectivity index (χ3n) is 3.89. The molecule has 0 aliphatic carbocycles. The lowest BCUT2D eigenvalue weighted by Gasteiger charge is -2.03. The van der Waals surface area contributed by atoms with Crippen LogP contribution in [0.15, 0.2) is 52.2 Å². The van der Waals surface area contributed by atoms with E-state index in [1.165, 1.54) is 11.8 Å². The molecule has 0 aliphatic rings. The average molecular weight is 353 g/mol. The van der Waals surface area contributed by atoms with Gasteiger partial charge in [-0.1, -0.05) is 30.0 Å². The van der Waals surface area contributed by atoms with Gasteiger partial charge in [0.1, 0.15) is 12.3 Å². The molecule has 0 atom stereocenters. The Morgan fingerprint density at radius 1 is 1.28 bits per heavy atom. The van der Waals surface area contributed by atoms with E-state index in [2.05, 4.69) is 20.5 Å². The number of nitrogens with zero attached hydrogens (tertiary/aromatic N) is 4. The number of nitrogens with one attached hydrogen (secondary N) is 1. The third kappa shape index (κ3) is 3.08. The molecule has 4 rings (SSSR count). The molecular formula is C17H15N5O2S. The van der Waals surface area contributed by atoms with Gasteiger partial charge in [0.2, 0.25) is 5.16 Å². The molecule has 4 aromatic rings. The topological polar surface area (TPSA) is 89.6 Å². The van der Waals surface area contributed by atoms with Crippen molar-refractivity contribution in [2.24, 2.45) is 0 Å². The Morgan fingerprint density at radius 2 is 2.16 bits per heavy atom. The molecule has 7 nitrogen and oxygen atoms in total. The Kier molecular flexibility index (Phi) is 4.10. The van der Waals surface area contributed by atoms with E-state index in [1.54, 1.807) is 10.9 Å². The van der Waals surface area contributed by atoms with Crippen LogP contribution in [0.3, 0.4) is 0 Å². The van der Waals surface area contributed by atoms with Crippen molar-refractivity contribution in [1.29, 1.82) is 0 Å². The lowest BCUT2D eigenvalue weighted by atomic mass is 10.1. The number of hydrogen-bond acceptors (Lipinski definition) is 6. The summed E-state index contributed by atoms with van der Waals surface area (Å²) in [5.41, 5.74) is 2.58. The smallest absolute Gasteiger partial charge is 0.210 e. The van der Waals surface area contributed by atoms with E-state index in [1.807, 2.05) is 43.3 Å². The van der Waals surface area contributed by atoms with E-state index >= 15 is 0 Å². The van der Waals surface area contributed by atoms with Crippen molar-refractivity contribution >= 4 is 28.4 Å². The summed E-state index contributed by atoms with van der Waals surface area (Å²) in [6.07, 6.45) is 1.61. The zero-order chi connectivity index (χ0) is 17.2. The molecule has 0 aliphatic heterocycles. The Morgan fingerprint density at radius 3 is 3.00 bits per heavy atom. The number of aryl methyl sites for hydroxylation is 1. The molecule has 8 heteroatoms. The van der Waals surface area contributed by atoms with E-state index in [0.29, 0.717) is 11.7 Å². The SMILES string of the molecule is Cc1[nH]c2ccccc2c1C(=O)CSc1nnnn1Cc1ccco1. The monoisotopic (exact) mass is 353 g/mol. The number of aromatic amines is 1. The molecule has 0 spiro atoms. The summed E-state index contributed by atoms with van der Waals surface area (Å²) in [5, 5.41) is 13.2. The normalized spacial score (nSPS) is 11.2. The van der Waals surface area contributed by atoms with E-state index < -0.39 is 0 Å². The molecule has 0 saturated carbocycles. The van der Waals surface area contributed by atoms with Gasteiger partial charge in [-0.15, -0.1) is 5.10 Å². The fraction of sp³-hybridized carbons (Fsp3) is 0.176. The van der Waals surface area contributed by atoms with Crippen LogP contribution >= 0.6 is 11.8 Å². The van der Waals surface area contributed by atoms with Crippen LogP contribution in [-0.4, -0.2) is 36.7 Å². The second-order valence-corrected chi connectivity index (χ2v) is 6.52. The number of benzene rings is 1. The number of hydrogen-bond donors (Lipinski definition) is 1. The van der Waals surface area contributed by atoms with Crippen molar-refractivity contribution in [3.05, 3.63) is 59.7 Å².